The molecule has 1 fully saturated rings. The number of hydrogen-bond donors (Lipinski definition) is 3. The molecule has 4 N–H and O–H groups in total. The fourth-order valence-electron chi connectivity index (χ4n) is 4.66. The number of rotatable bonds is 7. The second-order valence-corrected chi connectivity index (χ2v) is 11.5. The Morgan fingerprint density at radius 3 is 2.49 bits per heavy atom. The highest BCUT2D eigenvalue weighted by atomic mass is 35.5. The Labute approximate surface area is 216 Å². The van der Waals surface area contributed by atoms with E-state index in [0.717, 1.165) is 6.07 Å². The minimum absolute atomic E-state index is 0.00796. The first-order chi connectivity index (χ1) is 17.4. The zero-order chi connectivity index (χ0) is 27.0. The summed E-state index contributed by atoms with van der Waals surface area (Å²) in [5, 5.41) is 15.7. The van der Waals surface area contributed by atoms with E-state index in [9.17, 15) is 26.7 Å². The van der Waals surface area contributed by atoms with Gasteiger partial charge in [0.2, 0.25) is 5.95 Å². The number of nitrogens with two attached hydrogens (primary N) is 1. The van der Waals surface area contributed by atoms with Gasteiger partial charge in [-0.15, -0.1) is 5.10 Å². The number of benzene rings is 2. The molecule has 0 atom stereocenters. The fraction of sp³-hybridized carbons (Fsp3) is 0.417. The Morgan fingerprint density at radius 1 is 1.19 bits per heavy atom. The van der Waals surface area contributed by atoms with Crippen LogP contribution in [0.4, 0.5) is 19.1 Å². The van der Waals surface area contributed by atoms with Crippen LogP contribution in [0.2, 0.25) is 5.02 Å². The SMILES string of the molecule is COc1cc(-c2c(Cl)cc(Cc3nc(N)n[nH]3)cc2C(F)(F)F)ccc1S(=O)(=O)CC1CCC(O)CC1. The van der Waals surface area contributed by atoms with E-state index >= 15 is 0 Å². The minimum Gasteiger partial charge on any atom is -0.495 e. The van der Waals surface area contributed by atoms with Crippen LogP contribution in [-0.2, 0) is 22.4 Å². The van der Waals surface area contributed by atoms with Gasteiger partial charge < -0.3 is 15.6 Å². The molecule has 0 saturated heterocycles. The van der Waals surface area contributed by atoms with Crippen molar-refractivity contribution in [1.82, 2.24) is 15.2 Å². The van der Waals surface area contributed by atoms with E-state index in [0.29, 0.717) is 25.7 Å². The number of aromatic amines is 1. The Bertz CT molecular complexity index is 1390. The van der Waals surface area contributed by atoms with Crippen LogP contribution in [0.15, 0.2) is 35.2 Å². The van der Waals surface area contributed by atoms with Crippen LogP contribution in [0.1, 0.15) is 42.6 Å². The third-order valence-corrected chi connectivity index (χ3v) is 8.65. The van der Waals surface area contributed by atoms with Crippen LogP contribution in [-0.4, -0.2) is 47.7 Å². The first-order valence-corrected chi connectivity index (χ1v) is 13.6. The van der Waals surface area contributed by atoms with Crippen LogP contribution in [0.5, 0.6) is 5.75 Å². The molecule has 0 unspecified atom stereocenters. The summed E-state index contributed by atoms with van der Waals surface area (Å²) in [5.74, 6) is -0.0737. The molecular formula is C24H26ClF3N4O4S. The number of alkyl halides is 3. The number of methoxy groups -OCH3 is 1. The molecule has 1 aliphatic carbocycles. The zero-order valence-corrected chi connectivity index (χ0v) is 21.4. The molecule has 4 rings (SSSR count). The molecule has 8 nitrogen and oxygen atoms in total. The summed E-state index contributed by atoms with van der Waals surface area (Å²) in [5.41, 5.74) is 4.48. The highest BCUT2D eigenvalue weighted by Gasteiger charge is 2.36. The Kier molecular flexibility index (Phi) is 7.72. The van der Waals surface area contributed by atoms with Gasteiger partial charge in [0.25, 0.3) is 0 Å². The molecule has 1 aromatic heterocycles. The Morgan fingerprint density at radius 2 is 1.89 bits per heavy atom. The van der Waals surface area contributed by atoms with E-state index in [2.05, 4.69) is 15.2 Å². The van der Waals surface area contributed by atoms with Crippen LogP contribution >= 0.6 is 11.6 Å². The molecule has 3 aromatic rings. The normalized spacial score (nSPS) is 18.6. The summed E-state index contributed by atoms with van der Waals surface area (Å²) >= 11 is 6.36. The molecule has 2 aromatic carbocycles. The fourth-order valence-corrected chi connectivity index (χ4v) is 6.86. The predicted octanol–water partition coefficient (Wildman–Crippen LogP) is 4.65. The van der Waals surface area contributed by atoms with Crippen molar-refractivity contribution in [3.05, 3.63) is 52.3 Å². The summed E-state index contributed by atoms with van der Waals surface area (Å²) in [6.45, 7) is 0. The number of hydrogen-bond acceptors (Lipinski definition) is 7. The highest BCUT2D eigenvalue weighted by Crippen LogP contribution is 2.44. The Balaban J connectivity index is 1.71. The molecule has 0 amide bonds. The number of sulfone groups is 1. The molecular weight excluding hydrogens is 533 g/mol. The van der Waals surface area contributed by atoms with Gasteiger partial charge in [-0.05, 0) is 67.0 Å². The number of H-pyrrole nitrogens is 1. The zero-order valence-electron chi connectivity index (χ0n) is 19.8. The van der Waals surface area contributed by atoms with Crippen molar-refractivity contribution in [2.24, 2.45) is 5.92 Å². The number of nitrogens with one attached hydrogen (secondary N) is 1. The van der Waals surface area contributed by atoms with Crippen LogP contribution in [0.25, 0.3) is 11.1 Å². The number of anilines is 1. The number of aromatic nitrogens is 3. The third kappa shape index (κ3) is 6.19. The molecule has 0 spiro atoms. The summed E-state index contributed by atoms with van der Waals surface area (Å²) in [7, 11) is -2.54. The number of nitrogen functional groups attached to an aromatic ring is 1. The first kappa shape index (κ1) is 27.2. The standard InChI is InChI=1S/C24H26ClF3N4O4S/c1-36-19-11-15(4-7-20(19)37(34,35)12-13-2-5-16(33)6-3-13)22-17(24(26,27)28)8-14(9-18(22)25)10-21-30-23(29)32-31-21/h4,7-9,11,13,16,33H,2-3,5-6,10,12H2,1H3,(H3,29,30,31,32). The molecule has 1 aliphatic rings. The van der Waals surface area contributed by atoms with E-state index in [1.165, 1.54) is 31.4 Å². The van der Waals surface area contributed by atoms with Crippen molar-refractivity contribution >= 4 is 27.4 Å². The van der Waals surface area contributed by atoms with Crippen molar-refractivity contribution < 1.29 is 31.4 Å². The third-order valence-electron chi connectivity index (χ3n) is 6.43. The second kappa shape index (κ2) is 10.5. The molecule has 37 heavy (non-hydrogen) atoms. The van der Waals surface area contributed by atoms with Crippen LogP contribution in [0.3, 0.4) is 0 Å². The lowest BCUT2D eigenvalue weighted by Gasteiger charge is -2.25. The van der Waals surface area contributed by atoms with E-state index < -0.39 is 27.7 Å². The maximum atomic E-state index is 14.1. The lowest BCUT2D eigenvalue weighted by atomic mass is 9.89. The van der Waals surface area contributed by atoms with Crippen molar-refractivity contribution in [1.29, 1.82) is 0 Å². The van der Waals surface area contributed by atoms with Gasteiger partial charge in [0, 0.05) is 17.0 Å². The number of aliphatic hydroxyl groups is 1. The lowest BCUT2D eigenvalue weighted by molar-refractivity contribution is -0.137. The van der Waals surface area contributed by atoms with Crippen molar-refractivity contribution in [2.45, 2.75) is 49.3 Å². The average molecular weight is 559 g/mol. The molecule has 0 bridgehead atoms. The predicted molar refractivity (Wildman–Crippen MR) is 132 cm³/mol. The summed E-state index contributed by atoms with van der Waals surface area (Å²) < 4.78 is 73.9. The largest absolute Gasteiger partial charge is 0.495 e. The highest BCUT2D eigenvalue weighted by molar-refractivity contribution is 7.91. The van der Waals surface area contributed by atoms with Gasteiger partial charge in [-0.3, -0.25) is 5.10 Å². The topological polar surface area (TPSA) is 131 Å². The first-order valence-electron chi connectivity index (χ1n) is 11.5. The van der Waals surface area contributed by atoms with Gasteiger partial charge in [0.05, 0.1) is 24.5 Å². The maximum absolute atomic E-state index is 14.1. The van der Waals surface area contributed by atoms with E-state index in [1.54, 1.807) is 0 Å². The minimum atomic E-state index is -4.75. The number of ether oxygens (including phenoxy) is 1. The van der Waals surface area contributed by atoms with E-state index in [-0.39, 0.29) is 62.2 Å². The summed E-state index contributed by atoms with van der Waals surface area (Å²) in [4.78, 5) is 3.81. The molecule has 0 aliphatic heterocycles. The molecule has 13 heteroatoms. The monoisotopic (exact) mass is 558 g/mol. The van der Waals surface area contributed by atoms with Crippen LogP contribution < -0.4 is 10.5 Å². The van der Waals surface area contributed by atoms with Gasteiger partial charge in [-0.25, -0.2) is 8.42 Å². The molecule has 1 heterocycles. The molecule has 200 valence electrons. The summed E-state index contributed by atoms with van der Waals surface area (Å²) in [6, 6.07) is 6.16. The van der Waals surface area contributed by atoms with Gasteiger partial charge in [-0.1, -0.05) is 17.7 Å². The second-order valence-electron chi connectivity index (χ2n) is 9.14. The number of aliphatic hydroxyl groups excluding tert-OH is 1. The van der Waals surface area contributed by atoms with Crippen molar-refractivity contribution in [2.75, 3.05) is 18.6 Å². The average Bonchev–Trinajstić information content (AvgIpc) is 3.23. The molecule has 1 saturated carbocycles. The summed E-state index contributed by atoms with van der Waals surface area (Å²) in [6.07, 6.45) is -2.94. The Hall–Kier alpha value is -2.83. The van der Waals surface area contributed by atoms with Gasteiger partial charge >= 0.3 is 6.18 Å². The lowest BCUT2D eigenvalue weighted by Crippen LogP contribution is -2.24. The smallest absolute Gasteiger partial charge is 0.417 e. The van der Waals surface area contributed by atoms with E-state index in [4.69, 9.17) is 22.1 Å². The van der Waals surface area contributed by atoms with Gasteiger partial charge in [0.15, 0.2) is 9.84 Å². The number of nitrogens with zero attached hydrogens (tertiary/aromatic N) is 2. The molecule has 0 radical (unpaired) electrons. The number of halogens is 4. The van der Waals surface area contributed by atoms with Gasteiger partial charge in [0.1, 0.15) is 16.5 Å². The quantitative estimate of drug-likeness (QED) is 0.384. The van der Waals surface area contributed by atoms with Crippen molar-refractivity contribution in [3.63, 3.8) is 0 Å². The van der Waals surface area contributed by atoms with Crippen molar-refractivity contribution in [3.8, 4) is 16.9 Å². The van der Waals surface area contributed by atoms with Crippen LogP contribution in [0, 0.1) is 5.92 Å². The van der Waals surface area contributed by atoms with Gasteiger partial charge in [-0.2, -0.15) is 18.2 Å². The maximum Gasteiger partial charge on any atom is 0.417 e. The van der Waals surface area contributed by atoms with E-state index in [1.807, 2.05) is 0 Å².